The number of rotatable bonds is 7. The maximum Gasteiger partial charge on any atom is 0.490 e. The van der Waals surface area contributed by atoms with Crippen molar-refractivity contribution >= 4 is 23.5 Å². The molecular weight excluding hydrogens is 566 g/mol. The first-order valence-electron chi connectivity index (χ1n) is 13.0. The van der Waals surface area contributed by atoms with E-state index in [1.807, 2.05) is 0 Å². The van der Waals surface area contributed by atoms with Gasteiger partial charge in [-0.15, -0.1) is 0 Å². The predicted molar refractivity (Wildman–Crippen MR) is 140 cm³/mol. The summed E-state index contributed by atoms with van der Waals surface area (Å²) >= 11 is 0. The van der Waals surface area contributed by atoms with Crippen molar-refractivity contribution in [1.29, 1.82) is 0 Å². The summed E-state index contributed by atoms with van der Waals surface area (Å²) in [7, 11) is 3.06. The standard InChI is InChI=1S/C25H30FN5O4.C2HF3O2/c1-14-29-19(20-12-22(35-31-20)16-5-7-17(8-6-16)24(32)27-2)11-21(30-14)25(33)28-13-15-4-9-18(26)23(10-15)34-3;3-2(4,5)1(6)7/h4,9-11,16-17,22H,5-8,12-13H2,1-3H3,(H,27,32)(H,28,33);(H,6,7)/t16-,17-,22?;. The molecule has 1 saturated carbocycles. The number of ether oxygens (including phenoxy) is 1. The fraction of sp³-hybridized carbons (Fsp3) is 0.481. The van der Waals surface area contributed by atoms with E-state index in [-0.39, 0.29) is 41.8 Å². The van der Waals surface area contributed by atoms with Gasteiger partial charge in [0.2, 0.25) is 5.91 Å². The van der Waals surface area contributed by atoms with Crippen LogP contribution in [0.1, 0.15) is 59.7 Å². The molecule has 0 radical (unpaired) electrons. The quantitative estimate of drug-likeness (QED) is 0.410. The first kappa shape index (κ1) is 32.2. The van der Waals surface area contributed by atoms with Crippen LogP contribution < -0.4 is 15.4 Å². The van der Waals surface area contributed by atoms with Gasteiger partial charge in [-0.1, -0.05) is 11.2 Å². The molecule has 15 heteroatoms. The van der Waals surface area contributed by atoms with Crippen LogP contribution in [0, 0.1) is 24.6 Å². The molecule has 1 aromatic carbocycles. The second-order valence-corrected chi connectivity index (χ2v) is 9.75. The SMILES string of the molecule is CNC(=O)[C@H]1CC[C@H](C2CC(c3cc(C(=O)NCc4ccc(F)c(OC)c4)nc(C)n3)=NO2)CC1.O=C(O)C(F)(F)F. The Morgan fingerprint density at radius 3 is 2.38 bits per heavy atom. The Hall–Kier alpha value is -4.30. The third-order valence-corrected chi connectivity index (χ3v) is 6.88. The van der Waals surface area contributed by atoms with Crippen LogP contribution in [0.2, 0.25) is 0 Å². The summed E-state index contributed by atoms with van der Waals surface area (Å²) in [6.45, 7) is 1.91. The molecule has 0 bridgehead atoms. The number of carbonyl (C=O) groups excluding carboxylic acids is 2. The fourth-order valence-corrected chi connectivity index (χ4v) is 4.68. The van der Waals surface area contributed by atoms with Crippen molar-refractivity contribution in [3.8, 4) is 5.75 Å². The van der Waals surface area contributed by atoms with Crippen molar-refractivity contribution in [2.45, 2.75) is 57.9 Å². The zero-order valence-corrected chi connectivity index (χ0v) is 23.1. The molecule has 2 amide bonds. The molecule has 1 aliphatic carbocycles. The minimum atomic E-state index is -5.08. The molecule has 11 nitrogen and oxygen atoms in total. The van der Waals surface area contributed by atoms with Gasteiger partial charge in [-0.25, -0.2) is 19.2 Å². The number of benzene rings is 1. The maximum absolute atomic E-state index is 13.6. The van der Waals surface area contributed by atoms with Crippen LogP contribution in [0.15, 0.2) is 29.4 Å². The molecule has 42 heavy (non-hydrogen) atoms. The monoisotopic (exact) mass is 597 g/mol. The van der Waals surface area contributed by atoms with Gasteiger partial charge < -0.3 is 25.3 Å². The third kappa shape index (κ3) is 8.60. The van der Waals surface area contributed by atoms with Crippen molar-refractivity contribution in [3.05, 3.63) is 52.9 Å². The molecule has 228 valence electrons. The van der Waals surface area contributed by atoms with Gasteiger partial charge >= 0.3 is 12.1 Å². The van der Waals surface area contributed by atoms with Crippen LogP contribution in [0.4, 0.5) is 17.6 Å². The van der Waals surface area contributed by atoms with E-state index in [0.29, 0.717) is 35.1 Å². The van der Waals surface area contributed by atoms with Crippen molar-refractivity contribution in [1.82, 2.24) is 20.6 Å². The van der Waals surface area contributed by atoms with Crippen LogP contribution in [0.25, 0.3) is 0 Å². The van der Waals surface area contributed by atoms with Crippen molar-refractivity contribution in [2.24, 2.45) is 17.0 Å². The van der Waals surface area contributed by atoms with E-state index < -0.39 is 18.0 Å². The second kappa shape index (κ2) is 14.0. The maximum atomic E-state index is 13.6. The van der Waals surface area contributed by atoms with E-state index in [1.54, 1.807) is 32.2 Å². The lowest BCUT2D eigenvalue weighted by molar-refractivity contribution is -0.192. The number of nitrogens with zero attached hydrogens (tertiary/aromatic N) is 3. The highest BCUT2D eigenvalue weighted by molar-refractivity contribution is 6.02. The predicted octanol–water partition coefficient (Wildman–Crippen LogP) is 3.54. The molecule has 1 fully saturated rings. The fourth-order valence-electron chi connectivity index (χ4n) is 4.68. The van der Waals surface area contributed by atoms with Gasteiger partial charge in [-0.3, -0.25) is 9.59 Å². The lowest BCUT2D eigenvalue weighted by atomic mass is 9.78. The number of nitrogens with one attached hydrogen (secondary N) is 2. The minimum absolute atomic E-state index is 0.0587. The van der Waals surface area contributed by atoms with Crippen LogP contribution in [0.3, 0.4) is 0 Å². The Labute approximate surface area is 238 Å². The number of methoxy groups -OCH3 is 1. The summed E-state index contributed by atoms with van der Waals surface area (Å²) in [6, 6.07) is 6.04. The average molecular weight is 598 g/mol. The van der Waals surface area contributed by atoms with Gasteiger partial charge in [0.05, 0.1) is 12.8 Å². The van der Waals surface area contributed by atoms with E-state index in [9.17, 15) is 27.2 Å². The zero-order valence-electron chi connectivity index (χ0n) is 23.1. The highest BCUT2D eigenvalue weighted by Gasteiger charge is 2.38. The van der Waals surface area contributed by atoms with Gasteiger partial charge in [0.25, 0.3) is 5.91 Å². The van der Waals surface area contributed by atoms with Gasteiger partial charge in [0.15, 0.2) is 11.6 Å². The average Bonchev–Trinajstić information content (AvgIpc) is 3.46. The lowest BCUT2D eigenvalue weighted by Gasteiger charge is -2.29. The number of oxime groups is 1. The van der Waals surface area contributed by atoms with Crippen molar-refractivity contribution in [2.75, 3.05) is 14.2 Å². The van der Waals surface area contributed by atoms with E-state index in [1.165, 1.54) is 13.2 Å². The largest absolute Gasteiger partial charge is 0.494 e. The van der Waals surface area contributed by atoms with Gasteiger partial charge in [0, 0.05) is 25.9 Å². The van der Waals surface area contributed by atoms with Gasteiger partial charge in [-0.2, -0.15) is 13.2 Å². The molecule has 2 heterocycles. The smallest absolute Gasteiger partial charge is 0.490 e. The van der Waals surface area contributed by atoms with Crippen molar-refractivity contribution in [3.63, 3.8) is 0 Å². The summed E-state index contributed by atoms with van der Waals surface area (Å²) in [4.78, 5) is 48.0. The van der Waals surface area contributed by atoms with Crippen LogP contribution >= 0.6 is 0 Å². The Morgan fingerprint density at radius 2 is 1.79 bits per heavy atom. The number of amides is 2. The second-order valence-electron chi connectivity index (χ2n) is 9.75. The molecular formula is C27H31F4N5O6. The Balaban J connectivity index is 0.000000616. The number of aryl methyl sites for hydroxylation is 1. The minimum Gasteiger partial charge on any atom is -0.494 e. The summed E-state index contributed by atoms with van der Waals surface area (Å²) < 4.78 is 50.3. The van der Waals surface area contributed by atoms with Crippen LogP contribution in [-0.4, -0.2) is 65.0 Å². The summed E-state index contributed by atoms with van der Waals surface area (Å²) in [5.41, 5.74) is 2.17. The number of halogens is 4. The number of alkyl halides is 3. The highest BCUT2D eigenvalue weighted by atomic mass is 19.4. The first-order valence-corrected chi connectivity index (χ1v) is 13.0. The topological polar surface area (TPSA) is 152 Å². The Kier molecular flexibility index (Phi) is 10.8. The van der Waals surface area contributed by atoms with Crippen LogP contribution in [0.5, 0.6) is 5.75 Å². The highest BCUT2D eigenvalue weighted by Crippen LogP contribution is 2.35. The van der Waals surface area contributed by atoms with E-state index in [2.05, 4.69) is 25.8 Å². The molecule has 1 aliphatic heterocycles. The summed E-state index contributed by atoms with van der Waals surface area (Å²) in [5, 5.41) is 16.9. The number of carboxylic acids is 1. The normalized spacial score (nSPS) is 19.9. The number of aliphatic carboxylic acids is 1. The number of hydrogen-bond acceptors (Lipinski definition) is 8. The summed E-state index contributed by atoms with van der Waals surface area (Å²) in [5.74, 6) is -2.52. The van der Waals surface area contributed by atoms with Crippen molar-refractivity contribution < 1.29 is 46.6 Å². The molecule has 4 rings (SSSR count). The molecule has 2 aromatic rings. The molecule has 1 aromatic heterocycles. The van der Waals surface area contributed by atoms with E-state index in [0.717, 1.165) is 25.7 Å². The Morgan fingerprint density at radius 1 is 1.12 bits per heavy atom. The molecule has 0 spiro atoms. The molecule has 1 unspecified atom stereocenters. The van der Waals surface area contributed by atoms with E-state index >= 15 is 0 Å². The van der Waals surface area contributed by atoms with Crippen LogP contribution in [-0.2, 0) is 21.0 Å². The Bertz CT molecular complexity index is 1330. The third-order valence-electron chi connectivity index (χ3n) is 6.88. The molecule has 2 aliphatic rings. The zero-order chi connectivity index (χ0) is 31.0. The number of carbonyl (C=O) groups is 3. The molecule has 3 N–H and O–H groups in total. The number of carboxylic acid groups (broad SMARTS) is 1. The summed E-state index contributed by atoms with van der Waals surface area (Å²) in [6.07, 6.45) is -1.03. The molecule has 0 saturated heterocycles. The number of hydrogen-bond donors (Lipinski definition) is 3. The first-order chi connectivity index (χ1) is 19.8. The molecule has 1 atom stereocenters. The lowest BCUT2D eigenvalue weighted by Crippen LogP contribution is -2.33. The van der Waals surface area contributed by atoms with E-state index in [4.69, 9.17) is 19.5 Å². The number of aromatic nitrogens is 2. The van der Waals surface area contributed by atoms with Gasteiger partial charge in [0.1, 0.15) is 23.3 Å². The van der Waals surface area contributed by atoms with Gasteiger partial charge in [-0.05, 0) is 62.3 Å².